The van der Waals surface area contributed by atoms with Gasteiger partial charge in [0.2, 0.25) is 5.91 Å². The quantitative estimate of drug-likeness (QED) is 0.328. The van der Waals surface area contributed by atoms with Gasteiger partial charge in [-0.1, -0.05) is 18.9 Å². The van der Waals surface area contributed by atoms with Crippen molar-refractivity contribution in [2.75, 3.05) is 52.8 Å². The number of piperidine rings is 1. The van der Waals surface area contributed by atoms with Gasteiger partial charge in [0, 0.05) is 58.6 Å². The van der Waals surface area contributed by atoms with Gasteiger partial charge in [-0.25, -0.2) is 0 Å². The van der Waals surface area contributed by atoms with Gasteiger partial charge in [-0.05, 0) is 37.8 Å². The van der Waals surface area contributed by atoms with Crippen LogP contribution in [-0.2, 0) is 4.79 Å². The molecule has 1 aliphatic heterocycles. The number of ether oxygens (including phenoxy) is 1. The van der Waals surface area contributed by atoms with E-state index in [1.807, 2.05) is 26.2 Å². The molecule has 3 rings (SSSR count). The molecule has 0 bridgehead atoms. The number of guanidine groups is 1. The van der Waals surface area contributed by atoms with E-state index in [2.05, 4.69) is 32.7 Å². The second-order valence-electron chi connectivity index (χ2n) is 8.74. The van der Waals surface area contributed by atoms with Crippen LogP contribution in [0.5, 0.6) is 5.75 Å². The summed E-state index contributed by atoms with van der Waals surface area (Å²) < 4.78 is 5.38. The summed E-state index contributed by atoms with van der Waals surface area (Å²) in [5.41, 5.74) is 0.880. The summed E-state index contributed by atoms with van der Waals surface area (Å²) in [4.78, 5) is 21.4. The summed E-state index contributed by atoms with van der Waals surface area (Å²) in [6.45, 7) is 2.59. The molecule has 1 saturated carbocycles. The topological polar surface area (TPSA) is 69.2 Å². The van der Waals surface area contributed by atoms with E-state index in [-0.39, 0.29) is 35.3 Å². The molecule has 1 aromatic rings. The Morgan fingerprint density at radius 2 is 2.03 bits per heavy atom. The van der Waals surface area contributed by atoms with E-state index in [0.29, 0.717) is 12.6 Å². The zero-order chi connectivity index (χ0) is 21.6. The number of anilines is 1. The lowest BCUT2D eigenvalue weighted by Gasteiger charge is -2.36. The highest BCUT2D eigenvalue weighted by Crippen LogP contribution is 2.38. The highest BCUT2D eigenvalue weighted by Gasteiger charge is 2.42. The number of methoxy groups -OCH3 is 1. The SMILES string of the molecule is CN=C(NCC1(C(=O)N(C)C)CCCC1)NC1CCCN(c2cccc(OC)c2)C1.I. The first kappa shape index (κ1) is 25.5. The van der Waals surface area contributed by atoms with Crippen molar-refractivity contribution in [2.45, 2.75) is 44.6 Å². The van der Waals surface area contributed by atoms with Crippen LogP contribution in [0.2, 0.25) is 0 Å². The standard InChI is InChI=1S/C23H37N5O2.HI/c1-24-22(25-17-23(12-5-6-13-23)21(29)27(2)3)26-18-9-8-14-28(16-18)19-10-7-11-20(15-19)30-4;/h7,10-11,15,18H,5-6,8-9,12-14,16-17H2,1-4H3,(H2,24,25,26);1H. The van der Waals surface area contributed by atoms with Crippen molar-refractivity contribution in [2.24, 2.45) is 10.4 Å². The highest BCUT2D eigenvalue weighted by molar-refractivity contribution is 14.0. The fourth-order valence-electron chi connectivity index (χ4n) is 4.77. The number of benzene rings is 1. The van der Waals surface area contributed by atoms with E-state index in [9.17, 15) is 4.79 Å². The maximum absolute atomic E-state index is 12.8. The van der Waals surface area contributed by atoms with Crippen LogP contribution in [0, 0.1) is 5.41 Å². The highest BCUT2D eigenvalue weighted by atomic mass is 127. The number of hydrogen-bond donors (Lipinski definition) is 2. The Bertz CT molecular complexity index is 749. The molecule has 7 nitrogen and oxygen atoms in total. The molecule has 2 fully saturated rings. The van der Waals surface area contributed by atoms with Gasteiger partial charge < -0.3 is 25.2 Å². The monoisotopic (exact) mass is 543 g/mol. The van der Waals surface area contributed by atoms with E-state index in [4.69, 9.17) is 4.74 Å². The summed E-state index contributed by atoms with van der Waals surface area (Å²) >= 11 is 0. The minimum absolute atomic E-state index is 0. The van der Waals surface area contributed by atoms with Crippen LogP contribution < -0.4 is 20.3 Å². The number of carbonyl (C=O) groups is 1. The Kier molecular flexibility index (Phi) is 9.71. The minimum Gasteiger partial charge on any atom is -0.497 e. The number of aliphatic imine (C=N–C) groups is 1. The molecule has 1 aromatic carbocycles. The van der Waals surface area contributed by atoms with Crippen molar-refractivity contribution in [3.8, 4) is 5.75 Å². The molecule has 8 heteroatoms. The summed E-state index contributed by atoms with van der Waals surface area (Å²) in [6, 6.07) is 8.54. The van der Waals surface area contributed by atoms with E-state index in [1.165, 1.54) is 5.69 Å². The first-order valence-corrected chi connectivity index (χ1v) is 11.1. The lowest BCUT2D eigenvalue weighted by Crippen LogP contribution is -2.54. The van der Waals surface area contributed by atoms with Crippen LogP contribution in [0.4, 0.5) is 5.69 Å². The summed E-state index contributed by atoms with van der Waals surface area (Å²) in [5.74, 6) is 1.89. The van der Waals surface area contributed by atoms with Crippen molar-refractivity contribution in [1.29, 1.82) is 0 Å². The fourth-order valence-corrected chi connectivity index (χ4v) is 4.77. The van der Waals surface area contributed by atoms with Crippen molar-refractivity contribution in [1.82, 2.24) is 15.5 Å². The van der Waals surface area contributed by atoms with Gasteiger partial charge in [0.25, 0.3) is 0 Å². The van der Waals surface area contributed by atoms with Gasteiger partial charge in [0.1, 0.15) is 5.75 Å². The lowest BCUT2D eigenvalue weighted by molar-refractivity contribution is -0.138. The largest absolute Gasteiger partial charge is 0.497 e. The number of hydrogen-bond acceptors (Lipinski definition) is 4. The van der Waals surface area contributed by atoms with E-state index >= 15 is 0 Å². The third-order valence-corrected chi connectivity index (χ3v) is 6.42. The van der Waals surface area contributed by atoms with Crippen LogP contribution in [0.1, 0.15) is 38.5 Å². The van der Waals surface area contributed by atoms with Gasteiger partial charge in [-0.15, -0.1) is 24.0 Å². The molecular formula is C23H38IN5O2. The van der Waals surface area contributed by atoms with Crippen LogP contribution in [0.25, 0.3) is 0 Å². The maximum atomic E-state index is 12.8. The van der Waals surface area contributed by atoms with Crippen molar-refractivity contribution >= 4 is 41.5 Å². The second-order valence-corrected chi connectivity index (χ2v) is 8.74. The first-order chi connectivity index (χ1) is 14.5. The van der Waals surface area contributed by atoms with E-state index < -0.39 is 0 Å². The van der Waals surface area contributed by atoms with Crippen LogP contribution in [-0.4, -0.2) is 70.7 Å². The van der Waals surface area contributed by atoms with Gasteiger partial charge in [0.05, 0.1) is 12.5 Å². The second kappa shape index (κ2) is 11.8. The molecule has 31 heavy (non-hydrogen) atoms. The average Bonchev–Trinajstić information content (AvgIpc) is 3.26. The summed E-state index contributed by atoms with van der Waals surface area (Å²) in [6.07, 6.45) is 6.34. The molecule has 1 heterocycles. The van der Waals surface area contributed by atoms with E-state index in [1.54, 1.807) is 19.1 Å². The molecule has 1 amide bonds. The Hall–Kier alpha value is -1.71. The number of carbonyl (C=O) groups excluding carboxylic acids is 1. The third kappa shape index (κ3) is 6.40. The Balaban J connectivity index is 0.00000341. The molecule has 2 N–H and O–H groups in total. The fraction of sp³-hybridized carbons (Fsp3) is 0.652. The van der Waals surface area contributed by atoms with Crippen molar-refractivity contribution in [3.63, 3.8) is 0 Å². The molecule has 1 saturated heterocycles. The zero-order valence-electron chi connectivity index (χ0n) is 19.3. The molecule has 1 atom stereocenters. The van der Waals surface area contributed by atoms with E-state index in [0.717, 1.165) is 63.3 Å². The van der Waals surface area contributed by atoms with Crippen molar-refractivity contribution < 1.29 is 9.53 Å². The maximum Gasteiger partial charge on any atom is 0.230 e. The number of nitrogens with one attached hydrogen (secondary N) is 2. The van der Waals surface area contributed by atoms with Crippen LogP contribution in [0.15, 0.2) is 29.3 Å². The number of nitrogens with zero attached hydrogens (tertiary/aromatic N) is 3. The predicted octanol–water partition coefficient (Wildman–Crippen LogP) is 3.10. The zero-order valence-corrected chi connectivity index (χ0v) is 21.6. The third-order valence-electron chi connectivity index (χ3n) is 6.42. The van der Waals surface area contributed by atoms with Crippen LogP contribution >= 0.6 is 24.0 Å². The predicted molar refractivity (Wildman–Crippen MR) is 138 cm³/mol. The number of rotatable bonds is 6. The number of halogens is 1. The average molecular weight is 543 g/mol. The van der Waals surface area contributed by atoms with Gasteiger partial charge in [-0.3, -0.25) is 9.79 Å². The summed E-state index contributed by atoms with van der Waals surface area (Å²) in [5, 5.41) is 7.05. The molecule has 1 unspecified atom stereocenters. The van der Waals surface area contributed by atoms with Crippen LogP contribution in [0.3, 0.4) is 0 Å². The van der Waals surface area contributed by atoms with Crippen molar-refractivity contribution in [3.05, 3.63) is 24.3 Å². The molecular weight excluding hydrogens is 505 g/mol. The molecule has 174 valence electrons. The first-order valence-electron chi connectivity index (χ1n) is 11.1. The minimum atomic E-state index is -0.305. The Morgan fingerprint density at radius 1 is 1.29 bits per heavy atom. The number of amides is 1. The molecule has 2 aliphatic rings. The van der Waals surface area contributed by atoms with Gasteiger partial charge in [0.15, 0.2) is 5.96 Å². The lowest BCUT2D eigenvalue weighted by atomic mass is 9.84. The smallest absolute Gasteiger partial charge is 0.230 e. The molecule has 0 spiro atoms. The molecule has 0 aromatic heterocycles. The van der Waals surface area contributed by atoms with Gasteiger partial charge in [-0.2, -0.15) is 0 Å². The Labute approximate surface area is 204 Å². The van der Waals surface area contributed by atoms with Gasteiger partial charge >= 0.3 is 0 Å². The normalized spacial score (nSPS) is 20.6. The Morgan fingerprint density at radius 3 is 2.68 bits per heavy atom. The molecule has 0 radical (unpaired) electrons. The molecule has 1 aliphatic carbocycles. The summed E-state index contributed by atoms with van der Waals surface area (Å²) in [7, 11) is 7.20.